The molecule has 0 aromatic heterocycles. The van der Waals surface area contributed by atoms with Crippen LogP contribution in [0.15, 0.2) is 48.5 Å². The van der Waals surface area contributed by atoms with Crippen LogP contribution in [0, 0.1) is 0 Å². The molecule has 2 aromatic carbocycles. The van der Waals surface area contributed by atoms with Crippen molar-refractivity contribution in [3.63, 3.8) is 0 Å². The second-order valence-electron chi connectivity index (χ2n) is 7.95. The van der Waals surface area contributed by atoms with Gasteiger partial charge in [-0.05, 0) is 61.6 Å². The Hall–Kier alpha value is -1.95. The Morgan fingerprint density at radius 1 is 1.07 bits per heavy atom. The highest BCUT2D eigenvalue weighted by Gasteiger charge is 2.41. The summed E-state index contributed by atoms with van der Waals surface area (Å²) >= 11 is 6.21. The van der Waals surface area contributed by atoms with Crippen molar-refractivity contribution in [3.8, 4) is 0 Å². The molecular weight excluding hydrogens is 407 g/mol. The summed E-state index contributed by atoms with van der Waals surface area (Å²) in [6.07, 6.45) is 3.85. The number of carbonyl (C=O) groups excluding carboxylic acids is 1. The van der Waals surface area contributed by atoms with Crippen LogP contribution in [-0.4, -0.2) is 36.6 Å². The lowest BCUT2D eigenvalue weighted by molar-refractivity contribution is 0.156. The van der Waals surface area contributed by atoms with E-state index in [2.05, 4.69) is 6.07 Å². The number of anilines is 2. The molecule has 7 heteroatoms. The summed E-state index contributed by atoms with van der Waals surface area (Å²) in [4.78, 5) is 16.9. The van der Waals surface area contributed by atoms with Crippen LogP contribution in [-0.2, 0) is 5.41 Å². The van der Waals surface area contributed by atoms with E-state index >= 15 is 0 Å². The summed E-state index contributed by atoms with van der Waals surface area (Å²) in [5.41, 5.74) is 14.8. The molecule has 1 aliphatic carbocycles. The van der Waals surface area contributed by atoms with Gasteiger partial charge < -0.3 is 16.4 Å². The van der Waals surface area contributed by atoms with E-state index in [1.807, 2.05) is 52.3 Å². The molecule has 4 rings (SSSR count). The number of benzene rings is 2. The standard InChI is InChI=1S/C22H27ClN4O.ClH/c23-17-4-1-3-16(13-17)22(15-24)9-7-19(8-10-22)26-11-12-27(21(26)28)20-6-2-5-18(25)14-20;/h1-6,13-14,19H,7-12,15,24-25H2;1H/t19-,22-;. The van der Waals surface area contributed by atoms with Gasteiger partial charge in [0.05, 0.1) is 0 Å². The molecule has 2 fully saturated rings. The Bertz CT molecular complexity index is 867. The Labute approximate surface area is 183 Å². The molecule has 2 aromatic rings. The van der Waals surface area contributed by atoms with Crippen molar-refractivity contribution in [1.82, 2.24) is 4.90 Å². The molecule has 1 heterocycles. The number of nitrogen functional groups attached to an aromatic ring is 1. The second kappa shape index (κ2) is 8.82. The number of hydrogen-bond donors (Lipinski definition) is 2. The van der Waals surface area contributed by atoms with Crippen LogP contribution in [0.25, 0.3) is 0 Å². The molecule has 0 unspecified atom stereocenters. The van der Waals surface area contributed by atoms with Crippen molar-refractivity contribution < 1.29 is 4.79 Å². The number of urea groups is 1. The van der Waals surface area contributed by atoms with Crippen LogP contribution >= 0.6 is 24.0 Å². The Morgan fingerprint density at radius 2 is 1.79 bits per heavy atom. The van der Waals surface area contributed by atoms with Crippen LogP contribution in [0.5, 0.6) is 0 Å². The first kappa shape index (κ1) is 21.8. The van der Waals surface area contributed by atoms with E-state index in [4.69, 9.17) is 23.1 Å². The maximum absolute atomic E-state index is 13.0. The predicted octanol–water partition coefficient (Wildman–Crippen LogP) is 4.43. The molecule has 29 heavy (non-hydrogen) atoms. The van der Waals surface area contributed by atoms with Crippen molar-refractivity contribution in [2.24, 2.45) is 5.73 Å². The van der Waals surface area contributed by atoms with Gasteiger partial charge in [0, 0.05) is 47.5 Å². The van der Waals surface area contributed by atoms with Crippen molar-refractivity contribution in [2.75, 3.05) is 30.3 Å². The quantitative estimate of drug-likeness (QED) is 0.698. The number of hydrogen-bond acceptors (Lipinski definition) is 3. The fraction of sp³-hybridized carbons (Fsp3) is 0.409. The SMILES string of the molecule is Cl.NC[C@]1(c2cccc(Cl)c2)CC[C@H](N2CCN(c3cccc(N)c3)C2=O)CC1. The molecular formula is C22H28Cl2N4O. The molecule has 1 saturated carbocycles. The number of halogens is 2. The van der Waals surface area contributed by atoms with E-state index < -0.39 is 0 Å². The van der Waals surface area contributed by atoms with E-state index in [1.165, 1.54) is 5.56 Å². The zero-order valence-electron chi connectivity index (χ0n) is 16.4. The van der Waals surface area contributed by atoms with Crippen molar-refractivity contribution in [3.05, 3.63) is 59.1 Å². The molecule has 0 atom stereocenters. The minimum Gasteiger partial charge on any atom is -0.399 e. The first-order chi connectivity index (χ1) is 13.5. The molecule has 0 spiro atoms. The van der Waals surface area contributed by atoms with Gasteiger partial charge in [0.1, 0.15) is 0 Å². The first-order valence-corrected chi connectivity index (χ1v) is 10.3. The number of nitrogens with zero attached hydrogens (tertiary/aromatic N) is 2. The van der Waals surface area contributed by atoms with Crippen LogP contribution in [0.3, 0.4) is 0 Å². The van der Waals surface area contributed by atoms with Crippen molar-refractivity contribution in [2.45, 2.75) is 37.1 Å². The highest BCUT2D eigenvalue weighted by atomic mass is 35.5. The van der Waals surface area contributed by atoms with Gasteiger partial charge in [-0.25, -0.2) is 4.79 Å². The van der Waals surface area contributed by atoms with Crippen LogP contribution in [0.1, 0.15) is 31.2 Å². The summed E-state index contributed by atoms with van der Waals surface area (Å²) in [6.45, 7) is 2.06. The largest absolute Gasteiger partial charge is 0.399 e. The zero-order chi connectivity index (χ0) is 19.7. The van der Waals surface area contributed by atoms with Gasteiger partial charge in [-0.2, -0.15) is 0 Å². The van der Waals surface area contributed by atoms with E-state index in [0.717, 1.165) is 42.9 Å². The molecule has 1 saturated heterocycles. The number of carbonyl (C=O) groups is 1. The molecule has 2 amide bonds. The first-order valence-electron chi connectivity index (χ1n) is 9.92. The van der Waals surface area contributed by atoms with Gasteiger partial charge in [-0.3, -0.25) is 4.90 Å². The molecule has 0 radical (unpaired) electrons. The molecule has 2 aliphatic rings. The fourth-order valence-electron chi connectivity index (χ4n) is 4.72. The average Bonchev–Trinajstić information content (AvgIpc) is 3.09. The highest BCUT2D eigenvalue weighted by Crippen LogP contribution is 2.41. The monoisotopic (exact) mass is 434 g/mol. The maximum Gasteiger partial charge on any atom is 0.324 e. The summed E-state index contributed by atoms with van der Waals surface area (Å²) in [7, 11) is 0. The smallest absolute Gasteiger partial charge is 0.324 e. The maximum atomic E-state index is 13.0. The summed E-state index contributed by atoms with van der Waals surface area (Å²) < 4.78 is 0. The average molecular weight is 435 g/mol. The summed E-state index contributed by atoms with van der Waals surface area (Å²) in [5.74, 6) is 0. The number of nitrogens with two attached hydrogens (primary N) is 2. The van der Waals surface area contributed by atoms with E-state index in [9.17, 15) is 4.79 Å². The Kier molecular flexibility index (Phi) is 6.62. The third-order valence-electron chi connectivity index (χ3n) is 6.40. The lowest BCUT2D eigenvalue weighted by Gasteiger charge is -2.42. The fourth-order valence-corrected chi connectivity index (χ4v) is 4.91. The van der Waals surface area contributed by atoms with Crippen LogP contribution in [0.4, 0.5) is 16.2 Å². The zero-order valence-corrected chi connectivity index (χ0v) is 18.0. The normalized spacial score (nSPS) is 24.5. The van der Waals surface area contributed by atoms with Gasteiger partial charge in [-0.15, -0.1) is 12.4 Å². The highest BCUT2D eigenvalue weighted by molar-refractivity contribution is 6.30. The third-order valence-corrected chi connectivity index (χ3v) is 6.64. The van der Waals surface area contributed by atoms with Gasteiger partial charge in [0.25, 0.3) is 0 Å². The number of amides is 2. The third kappa shape index (κ3) is 4.18. The van der Waals surface area contributed by atoms with E-state index in [1.54, 1.807) is 0 Å². The van der Waals surface area contributed by atoms with Gasteiger partial charge in [0.15, 0.2) is 0 Å². The minimum atomic E-state index is -0.0439. The number of rotatable bonds is 4. The molecule has 156 valence electrons. The van der Waals surface area contributed by atoms with E-state index in [-0.39, 0.29) is 29.9 Å². The van der Waals surface area contributed by atoms with Gasteiger partial charge in [0.2, 0.25) is 0 Å². The lowest BCUT2D eigenvalue weighted by atomic mass is 9.68. The van der Waals surface area contributed by atoms with Crippen molar-refractivity contribution >= 4 is 41.4 Å². The Morgan fingerprint density at radius 3 is 2.45 bits per heavy atom. The molecule has 5 nitrogen and oxygen atoms in total. The summed E-state index contributed by atoms with van der Waals surface area (Å²) in [6, 6.07) is 15.9. The lowest BCUT2D eigenvalue weighted by Crippen LogP contribution is -2.46. The minimum absolute atomic E-state index is 0. The van der Waals surface area contributed by atoms with Crippen molar-refractivity contribution in [1.29, 1.82) is 0 Å². The molecule has 4 N–H and O–H groups in total. The van der Waals surface area contributed by atoms with Gasteiger partial charge >= 0.3 is 6.03 Å². The van der Waals surface area contributed by atoms with Gasteiger partial charge in [-0.1, -0.05) is 29.8 Å². The molecule has 1 aliphatic heterocycles. The predicted molar refractivity (Wildman–Crippen MR) is 122 cm³/mol. The van der Waals surface area contributed by atoms with E-state index in [0.29, 0.717) is 18.8 Å². The summed E-state index contributed by atoms with van der Waals surface area (Å²) in [5, 5.41) is 0.750. The molecule has 0 bridgehead atoms. The van der Waals surface area contributed by atoms with Crippen LogP contribution < -0.4 is 16.4 Å². The van der Waals surface area contributed by atoms with Crippen LogP contribution in [0.2, 0.25) is 5.02 Å². The Balaban J connectivity index is 0.00000240. The topological polar surface area (TPSA) is 75.6 Å². The second-order valence-corrected chi connectivity index (χ2v) is 8.39.